The van der Waals surface area contributed by atoms with Gasteiger partial charge < -0.3 is 4.74 Å². The topological polar surface area (TPSA) is 107 Å². The van der Waals surface area contributed by atoms with Crippen molar-refractivity contribution in [1.82, 2.24) is 15.0 Å². The molecule has 9 nitrogen and oxygen atoms in total. The number of hydrogen-bond acceptors (Lipinski definition) is 6. The van der Waals surface area contributed by atoms with Gasteiger partial charge in [0.25, 0.3) is 5.91 Å². The number of halogens is 2. The number of rotatable bonds is 4. The largest absolute Gasteiger partial charge is 0.442 e. The van der Waals surface area contributed by atoms with Crippen LogP contribution in [0.5, 0.6) is 0 Å². The zero-order valence-electron chi connectivity index (χ0n) is 16.5. The third kappa shape index (κ3) is 4.48. The molecule has 3 heterocycles. The molecule has 1 saturated heterocycles. The van der Waals surface area contributed by atoms with E-state index in [0.29, 0.717) is 5.57 Å². The fraction of sp³-hybridized carbons (Fsp3) is 0.368. The molecule has 0 aliphatic carbocycles. The lowest BCUT2D eigenvalue weighted by molar-refractivity contribution is -0.115. The van der Waals surface area contributed by atoms with E-state index >= 15 is 0 Å². The van der Waals surface area contributed by atoms with Crippen LogP contribution in [0.25, 0.3) is 5.57 Å². The van der Waals surface area contributed by atoms with Crippen molar-refractivity contribution in [3.63, 3.8) is 0 Å². The van der Waals surface area contributed by atoms with Crippen LogP contribution in [0, 0.1) is 11.6 Å². The third-order valence-electron chi connectivity index (χ3n) is 4.97. The Morgan fingerprint density at radius 3 is 2.68 bits per heavy atom. The number of hydrogen-bond donors (Lipinski definition) is 0. The van der Waals surface area contributed by atoms with Gasteiger partial charge in [0.05, 0.1) is 40.5 Å². The lowest BCUT2D eigenvalue weighted by Gasteiger charge is -2.19. The van der Waals surface area contributed by atoms with Crippen molar-refractivity contribution in [3.05, 3.63) is 47.8 Å². The molecule has 1 aromatic carbocycles. The van der Waals surface area contributed by atoms with Crippen LogP contribution in [-0.4, -0.2) is 55.4 Å². The molecule has 2 aliphatic heterocycles. The smallest absolute Gasteiger partial charge is 0.414 e. The normalized spacial score (nSPS) is 23.5. The molecule has 1 aromatic heterocycles. The molecule has 0 bridgehead atoms. The van der Waals surface area contributed by atoms with Crippen molar-refractivity contribution in [2.75, 3.05) is 23.0 Å². The molecular formula is C19H19F2N5O4S. The van der Waals surface area contributed by atoms with Gasteiger partial charge in [0.15, 0.2) is 0 Å². The average molecular weight is 451 g/mol. The Kier molecular flexibility index (Phi) is 5.56. The van der Waals surface area contributed by atoms with Crippen molar-refractivity contribution in [1.29, 1.82) is 0 Å². The van der Waals surface area contributed by atoms with E-state index in [1.165, 1.54) is 23.9 Å². The lowest BCUT2D eigenvalue weighted by Crippen LogP contribution is -2.26. The van der Waals surface area contributed by atoms with Gasteiger partial charge in [-0.15, -0.1) is 5.10 Å². The molecule has 1 fully saturated rings. The van der Waals surface area contributed by atoms with Gasteiger partial charge in [-0.25, -0.2) is 22.5 Å². The summed E-state index contributed by atoms with van der Waals surface area (Å²) in [4.78, 5) is 24.5. The molecule has 2 aliphatic rings. The van der Waals surface area contributed by atoms with Gasteiger partial charge in [-0.2, -0.15) is 4.36 Å². The Morgan fingerprint density at radius 1 is 1.35 bits per heavy atom. The van der Waals surface area contributed by atoms with E-state index in [1.807, 2.05) is 0 Å². The molecule has 0 spiro atoms. The van der Waals surface area contributed by atoms with Crippen LogP contribution in [-0.2, 0) is 25.8 Å². The Morgan fingerprint density at radius 2 is 2.10 bits per heavy atom. The van der Waals surface area contributed by atoms with Gasteiger partial charge in [-0.3, -0.25) is 9.69 Å². The zero-order valence-corrected chi connectivity index (χ0v) is 17.3. The fourth-order valence-electron chi connectivity index (χ4n) is 3.62. The maximum absolute atomic E-state index is 14.9. The van der Waals surface area contributed by atoms with Gasteiger partial charge in [0.2, 0.25) is 0 Å². The first-order valence-corrected chi connectivity index (χ1v) is 11.3. The summed E-state index contributed by atoms with van der Waals surface area (Å²) >= 11 is 0. The van der Waals surface area contributed by atoms with E-state index in [-0.39, 0.29) is 42.3 Å². The van der Waals surface area contributed by atoms with Crippen molar-refractivity contribution in [2.45, 2.75) is 26.0 Å². The first kappa shape index (κ1) is 21.1. The van der Waals surface area contributed by atoms with Crippen LogP contribution in [0.3, 0.4) is 0 Å². The Labute approximate surface area is 176 Å². The second kappa shape index (κ2) is 8.17. The van der Waals surface area contributed by atoms with Crippen LogP contribution < -0.4 is 4.90 Å². The number of allylic oxidation sites excluding steroid dienone is 1. The first-order chi connectivity index (χ1) is 14.7. The molecule has 12 heteroatoms. The number of cyclic esters (lactones) is 1. The monoisotopic (exact) mass is 451 g/mol. The average Bonchev–Trinajstić information content (AvgIpc) is 3.32. The summed E-state index contributed by atoms with van der Waals surface area (Å²) in [6, 6.07) is 2.15. The van der Waals surface area contributed by atoms with Crippen LogP contribution in [0.1, 0.15) is 18.9 Å². The quantitative estimate of drug-likeness (QED) is 0.707. The molecule has 31 heavy (non-hydrogen) atoms. The van der Waals surface area contributed by atoms with E-state index in [1.54, 1.807) is 6.20 Å². The van der Waals surface area contributed by atoms with Crippen molar-refractivity contribution >= 4 is 33.0 Å². The van der Waals surface area contributed by atoms with E-state index in [0.717, 1.165) is 17.0 Å². The number of anilines is 1. The number of ether oxygens (including phenoxy) is 1. The Balaban J connectivity index is 1.55. The highest BCUT2D eigenvalue weighted by Crippen LogP contribution is 2.33. The predicted molar refractivity (Wildman–Crippen MR) is 108 cm³/mol. The minimum atomic E-state index is -2.74. The van der Waals surface area contributed by atoms with Crippen molar-refractivity contribution in [3.8, 4) is 0 Å². The second-order valence-corrected chi connectivity index (χ2v) is 9.73. The summed E-state index contributed by atoms with van der Waals surface area (Å²) in [5.41, 5.74) is 0.156. The number of nitrogens with zero attached hydrogens (tertiary/aromatic N) is 5. The highest BCUT2D eigenvalue weighted by molar-refractivity contribution is 7.94. The number of benzene rings is 1. The summed E-state index contributed by atoms with van der Waals surface area (Å²) in [6.45, 7) is 1.58. The molecule has 0 N–H and O–H groups in total. The number of amides is 2. The maximum Gasteiger partial charge on any atom is 0.414 e. The minimum absolute atomic E-state index is 0.0385. The predicted octanol–water partition coefficient (Wildman–Crippen LogP) is 2.38. The van der Waals surface area contributed by atoms with E-state index in [2.05, 4.69) is 14.7 Å². The van der Waals surface area contributed by atoms with Gasteiger partial charge >= 0.3 is 6.09 Å². The molecule has 2 amide bonds. The summed E-state index contributed by atoms with van der Waals surface area (Å²) < 4.78 is 52.6. The number of carbonyl (C=O) groups excluding carboxylic acids is 2. The molecule has 0 radical (unpaired) electrons. The highest BCUT2D eigenvalue weighted by atomic mass is 32.2. The van der Waals surface area contributed by atoms with Gasteiger partial charge in [-0.1, -0.05) is 11.3 Å². The van der Waals surface area contributed by atoms with Crippen LogP contribution in [0.15, 0.2) is 35.0 Å². The maximum atomic E-state index is 14.9. The van der Waals surface area contributed by atoms with Crippen molar-refractivity contribution in [2.24, 2.45) is 4.36 Å². The van der Waals surface area contributed by atoms with Crippen molar-refractivity contribution < 1.29 is 27.3 Å². The minimum Gasteiger partial charge on any atom is -0.442 e. The Bertz CT molecular complexity index is 1160. The molecule has 0 saturated carbocycles. The second-order valence-electron chi connectivity index (χ2n) is 7.26. The Hall–Kier alpha value is -3.15. The van der Waals surface area contributed by atoms with Crippen LogP contribution in [0.2, 0.25) is 0 Å². The number of aromatic nitrogens is 3. The number of carbonyl (C=O) groups is 2. The first-order valence-electron chi connectivity index (χ1n) is 9.48. The SMILES string of the molecule is CC(=O)N=S1(=O)CC=C(c2c(F)cc(N3C[C@H](Cn4ccnn4)OC3=O)cc2F)CC1. The van der Waals surface area contributed by atoms with Gasteiger partial charge in [-0.05, 0) is 24.1 Å². The highest BCUT2D eigenvalue weighted by Gasteiger charge is 2.34. The summed E-state index contributed by atoms with van der Waals surface area (Å²) in [6.07, 6.45) is 3.43. The lowest BCUT2D eigenvalue weighted by atomic mass is 10.0. The van der Waals surface area contributed by atoms with E-state index in [4.69, 9.17) is 4.74 Å². The summed E-state index contributed by atoms with van der Waals surface area (Å²) in [5, 5.41) is 7.48. The summed E-state index contributed by atoms with van der Waals surface area (Å²) in [5.74, 6) is -2.23. The summed E-state index contributed by atoms with van der Waals surface area (Å²) in [7, 11) is -2.74. The third-order valence-corrected chi connectivity index (χ3v) is 7.09. The molecule has 1 unspecified atom stereocenters. The van der Waals surface area contributed by atoms with Gasteiger partial charge in [0, 0.05) is 24.4 Å². The fourth-order valence-corrected chi connectivity index (χ4v) is 5.42. The molecule has 164 valence electrons. The molecular weight excluding hydrogens is 432 g/mol. The standard InChI is InChI=1S/C19H19F2N5O4S/c1-12(27)23-31(29)6-2-13(3-7-31)18-16(20)8-14(9-17(18)21)26-11-15(30-19(26)28)10-25-5-4-22-24-25/h2,4-5,8-9,15H,3,6-7,10-11H2,1H3/t15-,31?/m0/s1. The molecule has 2 atom stereocenters. The molecule has 4 rings (SSSR count). The van der Waals surface area contributed by atoms with E-state index < -0.39 is 39.5 Å². The van der Waals surface area contributed by atoms with Crippen LogP contribution in [0.4, 0.5) is 19.3 Å². The van der Waals surface area contributed by atoms with Gasteiger partial charge in [0.1, 0.15) is 17.7 Å². The molecule has 2 aromatic rings. The van der Waals surface area contributed by atoms with Crippen LogP contribution >= 0.6 is 0 Å². The van der Waals surface area contributed by atoms with E-state index in [9.17, 15) is 22.6 Å². The zero-order chi connectivity index (χ0) is 22.2.